The molecule has 0 aromatic carbocycles. The molecule has 14 atom stereocenters. The highest BCUT2D eigenvalue weighted by atomic mass is 32.3. The van der Waals surface area contributed by atoms with Crippen molar-refractivity contribution in [1.82, 2.24) is 0 Å². The second-order valence-electron chi connectivity index (χ2n) is 19.3. The molecule has 6 nitrogen and oxygen atoms in total. The Hall–Kier alpha value is -0.790. The number of fused-ring (bicyclic) bond motifs is 10. The first kappa shape index (κ1) is 33.4. The van der Waals surface area contributed by atoms with E-state index in [1.54, 1.807) is 0 Å². The summed E-state index contributed by atoms with van der Waals surface area (Å²) in [4.78, 5) is 26.0. The van der Waals surface area contributed by atoms with Crippen LogP contribution in [-0.2, 0) is 28.4 Å². The summed E-state index contributed by atoms with van der Waals surface area (Å²) in [6, 6.07) is 0. The Morgan fingerprint density at radius 3 is 1.38 bits per heavy atom. The van der Waals surface area contributed by atoms with Crippen LogP contribution < -0.4 is 0 Å². The third-order valence-corrected chi connectivity index (χ3v) is 18.7. The summed E-state index contributed by atoms with van der Waals surface area (Å²) in [7, 11) is -4.08. The van der Waals surface area contributed by atoms with E-state index in [1.165, 1.54) is 25.7 Å². The monoisotopic (exact) mass is 670 g/mol. The Balaban J connectivity index is 0.878. The Morgan fingerprint density at radius 2 is 0.957 bits per heavy atom. The summed E-state index contributed by atoms with van der Waals surface area (Å²) in [6.07, 6.45) is 19.6. The number of hydrogen-bond donors (Lipinski definition) is 0. The fourth-order valence-electron chi connectivity index (χ4n) is 14.9. The summed E-state index contributed by atoms with van der Waals surface area (Å²) in [5.74, 6) is 5.59. The van der Waals surface area contributed by atoms with Crippen molar-refractivity contribution in [2.45, 2.75) is 168 Å². The maximum Gasteiger partial charge on any atom is 0.400 e. The van der Waals surface area contributed by atoms with E-state index in [0.717, 1.165) is 103 Å². The fourth-order valence-corrected chi connectivity index (χ4v) is 16.0. The molecule has 0 aromatic rings. The van der Waals surface area contributed by atoms with Crippen LogP contribution in [0.3, 0.4) is 0 Å². The van der Waals surface area contributed by atoms with E-state index >= 15 is 0 Å². The molecule has 47 heavy (non-hydrogen) atoms. The van der Waals surface area contributed by atoms with E-state index in [1.807, 2.05) is 0 Å². The zero-order chi connectivity index (χ0) is 33.0. The van der Waals surface area contributed by atoms with Crippen LogP contribution in [0.2, 0.25) is 0 Å². The van der Waals surface area contributed by atoms with Crippen molar-refractivity contribution in [1.29, 1.82) is 0 Å². The van der Waals surface area contributed by atoms with Crippen LogP contribution in [0.15, 0.2) is 0 Å². The van der Waals surface area contributed by atoms with Crippen molar-refractivity contribution < 1.29 is 26.4 Å². The fraction of sp³-hybridized carbons (Fsp3) is 0.950. The first-order chi connectivity index (χ1) is 22.3. The first-order valence-electron chi connectivity index (χ1n) is 19.9. The third-order valence-electron chi connectivity index (χ3n) is 17.6. The molecule has 8 aliphatic carbocycles. The molecule has 0 spiro atoms. The Bertz CT molecular complexity index is 1280. The van der Waals surface area contributed by atoms with Gasteiger partial charge < -0.3 is 0 Å². The number of rotatable bonds is 4. The number of ketones is 2. The molecular formula is C40H62O6S. The van der Waals surface area contributed by atoms with Crippen molar-refractivity contribution in [3.8, 4) is 0 Å². The highest BCUT2D eigenvalue weighted by Crippen LogP contribution is 2.66. The van der Waals surface area contributed by atoms with E-state index < -0.39 is 10.4 Å². The largest absolute Gasteiger partial charge is 0.400 e. The van der Waals surface area contributed by atoms with Gasteiger partial charge >= 0.3 is 10.4 Å². The molecule has 0 radical (unpaired) electrons. The molecule has 8 rings (SSSR count). The number of hydrogen-bond acceptors (Lipinski definition) is 6. The summed E-state index contributed by atoms with van der Waals surface area (Å²) in [5, 5.41) is 0. The molecule has 0 saturated heterocycles. The predicted octanol–water partition coefficient (Wildman–Crippen LogP) is 9.01. The zero-order valence-corrected chi connectivity index (χ0v) is 30.6. The van der Waals surface area contributed by atoms with Crippen LogP contribution in [0, 0.1) is 69.0 Å². The van der Waals surface area contributed by atoms with Crippen molar-refractivity contribution >= 4 is 22.0 Å². The molecule has 7 heteroatoms. The van der Waals surface area contributed by atoms with Crippen LogP contribution in [0.5, 0.6) is 0 Å². The summed E-state index contributed by atoms with van der Waals surface area (Å²) in [5.41, 5.74) is 0.197. The Kier molecular flexibility index (Phi) is 8.25. The van der Waals surface area contributed by atoms with Gasteiger partial charge in [-0.05, 0) is 174 Å². The molecule has 0 N–H and O–H groups in total. The topological polar surface area (TPSA) is 86.7 Å². The van der Waals surface area contributed by atoms with Crippen molar-refractivity contribution in [2.75, 3.05) is 0 Å². The van der Waals surface area contributed by atoms with Gasteiger partial charge in [0, 0.05) is 23.7 Å². The smallest absolute Gasteiger partial charge is 0.299 e. The van der Waals surface area contributed by atoms with E-state index in [0.29, 0.717) is 58.9 Å². The second kappa shape index (κ2) is 11.6. The van der Waals surface area contributed by atoms with Gasteiger partial charge in [-0.15, -0.1) is 0 Å². The van der Waals surface area contributed by atoms with Crippen LogP contribution >= 0.6 is 0 Å². The molecule has 0 aromatic heterocycles. The van der Waals surface area contributed by atoms with Crippen LogP contribution in [0.1, 0.15) is 156 Å². The molecule has 0 bridgehead atoms. The lowest BCUT2D eigenvalue weighted by molar-refractivity contribution is -0.158. The summed E-state index contributed by atoms with van der Waals surface area (Å²) >= 11 is 0. The van der Waals surface area contributed by atoms with Gasteiger partial charge in [0.15, 0.2) is 0 Å². The van der Waals surface area contributed by atoms with Gasteiger partial charge in [0.1, 0.15) is 11.6 Å². The molecule has 0 heterocycles. The minimum absolute atomic E-state index is 0.113. The van der Waals surface area contributed by atoms with Gasteiger partial charge in [-0.3, -0.25) is 9.59 Å². The minimum atomic E-state index is -4.08. The van der Waals surface area contributed by atoms with E-state index in [4.69, 9.17) is 8.37 Å². The maximum atomic E-state index is 13.4. The van der Waals surface area contributed by atoms with E-state index in [9.17, 15) is 18.0 Å². The molecule has 8 saturated carbocycles. The van der Waals surface area contributed by atoms with Crippen molar-refractivity contribution in [3.63, 3.8) is 0 Å². The highest BCUT2D eigenvalue weighted by molar-refractivity contribution is 7.81. The van der Waals surface area contributed by atoms with Gasteiger partial charge in [-0.2, -0.15) is 8.42 Å². The quantitative estimate of drug-likeness (QED) is 0.297. The van der Waals surface area contributed by atoms with E-state index in [-0.39, 0.29) is 33.9 Å². The number of Topliss-reactive ketones (excluding diaryl/α,β-unsaturated/α-hetero) is 2. The summed E-state index contributed by atoms with van der Waals surface area (Å²) < 4.78 is 38.7. The molecule has 8 aliphatic rings. The maximum absolute atomic E-state index is 13.4. The first-order valence-corrected chi connectivity index (χ1v) is 21.3. The molecule has 8 fully saturated rings. The van der Waals surface area contributed by atoms with Gasteiger partial charge in [-0.25, -0.2) is 8.37 Å². The number of carbonyl (C=O) groups excluding carboxylic acids is 2. The van der Waals surface area contributed by atoms with Gasteiger partial charge in [-0.1, -0.05) is 27.7 Å². The molecular weight excluding hydrogens is 609 g/mol. The molecule has 0 amide bonds. The lowest BCUT2D eigenvalue weighted by Crippen LogP contribution is -2.57. The standard InChI is InChI=1S/C40H62O6S/c1-37-19-15-27(23-25(37)11-13-29-31-7-5-9-35(41)39(31,3)21-17-33(29)37)45-47(43,44)46-28-16-20-38(2)26(24-28)12-14-30-32-8-6-10-36(42)40(32,4)22-18-34(30)38/h25-34H,5-24H2,1-4H3/t25-,26-,27-,28-,29+,30+,31?,32?,33+,34+,37+,38+,39+,40+/m1/s1. The molecule has 264 valence electrons. The lowest BCUT2D eigenvalue weighted by Gasteiger charge is -2.62. The average molecular weight is 671 g/mol. The Morgan fingerprint density at radius 1 is 0.532 bits per heavy atom. The minimum Gasteiger partial charge on any atom is -0.299 e. The highest BCUT2D eigenvalue weighted by Gasteiger charge is 2.61. The Labute approximate surface area is 285 Å². The van der Waals surface area contributed by atoms with Crippen LogP contribution in [-0.4, -0.2) is 32.2 Å². The lowest BCUT2D eigenvalue weighted by atomic mass is 9.43. The van der Waals surface area contributed by atoms with Crippen molar-refractivity contribution in [3.05, 3.63) is 0 Å². The SMILES string of the molecule is C[C@]12CC[C@@H](OS(=O)(=O)O[C@@H]3CC[C@@]4(C)[C@H](CC[C@H]5C6CCCC(=O)[C@@]6(C)CC[C@@H]54)C3)C[C@H]1CC[C@H]1C3CCCC(=O)[C@@]3(C)CC[C@@H]12. The van der Waals surface area contributed by atoms with Crippen LogP contribution in [0.4, 0.5) is 0 Å². The second-order valence-corrected chi connectivity index (χ2v) is 20.5. The average Bonchev–Trinajstić information content (AvgIpc) is 3.02. The summed E-state index contributed by atoms with van der Waals surface area (Å²) in [6.45, 7) is 9.50. The van der Waals surface area contributed by atoms with Crippen molar-refractivity contribution in [2.24, 2.45) is 69.0 Å². The normalized spacial score (nSPS) is 53.0. The van der Waals surface area contributed by atoms with E-state index in [2.05, 4.69) is 27.7 Å². The zero-order valence-electron chi connectivity index (χ0n) is 29.8. The molecule has 0 aliphatic heterocycles. The molecule has 2 unspecified atom stereocenters. The third kappa shape index (κ3) is 5.22. The van der Waals surface area contributed by atoms with Crippen LogP contribution in [0.25, 0.3) is 0 Å². The predicted molar refractivity (Wildman–Crippen MR) is 181 cm³/mol. The number of carbonyl (C=O) groups is 2. The van der Waals surface area contributed by atoms with Gasteiger partial charge in [0.05, 0.1) is 12.2 Å². The van der Waals surface area contributed by atoms with Gasteiger partial charge in [0.25, 0.3) is 0 Å². The van der Waals surface area contributed by atoms with Gasteiger partial charge in [0.2, 0.25) is 0 Å².